The van der Waals surface area contributed by atoms with E-state index in [4.69, 9.17) is 4.74 Å². The van der Waals surface area contributed by atoms with E-state index in [1.165, 1.54) is 25.9 Å². The van der Waals surface area contributed by atoms with Crippen LogP contribution in [0.2, 0.25) is 0 Å². The molecule has 6 rings (SSSR count). The summed E-state index contributed by atoms with van der Waals surface area (Å²) in [5, 5.41) is 11.5. The fourth-order valence-electron chi connectivity index (χ4n) is 6.08. The van der Waals surface area contributed by atoms with Crippen molar-refractivity contribution in [2.45, 2.75) is 37.8 Å². The van der Waals surface area contributed by atoms with Gasteiger partial charge in [0, 0.05) is 42.2 Å². The van der Waals surface area contributed by atoms with Gasteiger partial charge in [0.15, 0.2) is 11.6 Å². The number of ether oxygens (including phenoxy) is 1. The number of anilines is 1. The Morgan fingerprint density at radius 2 is 1.74 bits per heavy atom. The maximum atomic E-state index is 14.0. The minimum atomic E-state index is -1.23. The number of hydrogen-bond donors (Lipinski definition) is 1. The maximum Gasteiger partial charge on any atom is 0.168 e. The fourth-order valence-corrected chi connectivity index (χ4v) is 6.08. The summed E-state index contributed by atoms with van der Waals surface area (Å²) in [6, 6.07) is 5.77. The molecule has 2 aliphatic carbocycles. The van der Waals surface area contributed by atoms with Gasteiger partial charge in [-0.3, -0.25) is 4.90 Å². The van der Waals surface area contributed by atoms with Crippen molar-refractivity contribution < 1.29 is 17.9 Å². The van der Waals surface area contributed by atoms with Crippen molar-refractivity contribution in [3.8, 4) is 11.3 Å². The van der Waals surface area contributed by atoms with Crippen LogP contribution in [0.5, 0.6) is 0 Å². The molecule has 1 unspecified atom stereocenters. The van der Waals surface area contributed by atoms with Crippen molar-refractivity contribution in [1.29, 1.82) is 0 Å². The van der Waals surface area contributed by atoms with E-state index < -0.39 is 17.5 Å². The quantitative estimate of drug-likeness (QED) is 0.747. The van der Waals surface area contributed by atoms with E-state index in [2.05, 4.69) is 20.4 Å². The molecule has 0 bridgehead atoms. The van der Waals surface area contributed by atoms with Crippen molar-refractivity contribution in [2.75, 3.05) is 31.6 Å². The van der Waals surface area contributed by atoms with Crippen LogP contribution in [0, 0.1) is 34.7 Å². The number of nitrogens with zero attached hydrogens (tertiary/aromatic N) is 3. The van der Waals surface area contributed by atoms with Gasteiger partial charge in [0.05, 0.1) is 18.9 Å². The Bertz CT molecular complexity index is 975. The van der Waals surface area contributed by atoms with Crippen LogP contribution in [0.4, 0.5) is 19.0 Å². The molecular weight excluding hydrogens is 405 g/mol. The molecule has 2 saturated carbocycles. The van der Waals surface area contributed by atoms with Gasteiger partial charge in [0.2, 0.25) is 0 Å². The van der Waals surface area contributed by atoms with Crippen LogP contribution >= 0.6 is 0 Å². The van der Waals surface area contributed by atoms with E-state index in [-0.39, 0.29) is 11.3 Å². The summed E-state index contributed by atoms with van der Waals surface area (Å²) < 4.78 is 46.3. The highest BCUT2D eigenvalue weighted by Gasteiger charge is 2.53. The molecule has 3 atom stereocenters. The summed E-state index contributed by atoms with van der Waals surface area (Å²) in [5.74, 6) is -1.17. The average Bonchev–Trinajstić information content (AvgIpc) is 3.21. The maximum absolute atomic E-state index is 14.0. The van der Waals surface area contributed by atoms with Gasteiger partial charge < -0.3 is 10.1 Å². The number of aromatic nitrogens is 2. The van der Waals surface area contributed by atoms with Gasteiger partial charge >= 0.3 is 0 Å². The molecular formula is C23H25F3N4O. The summed E-state index contributed by atoms with van der Waals surface area (Å²) in [6.07, 6.45) is 4.81. The topological polar surface area (TPSA) is 50.3 Å². The molecule has 2 aliphatic heterocycles. The monoisotopic (exact) mass is 430 g/mol. The Kier molecular flexibility index (Phi) is 4.51. The Morgan fingerprint density at radius 3 is 2.35 bits per heavy atom. The normalized spacial score (nSPS) is 29.6. The number of rotatable bonds is 4. The first-order chi connectivity index (χ1) is 15.0. The molecule has 3 heterocycles. The van der Waals surface area contributed by atoms with Crippen LogP contribution in [0.3, 0.4) is 0 Å². The van der Waals surface area contributed by atoms with Gasteiger partial charge in [0.25, 0.3) is 0 Å². The van der Waals surface area contributed by atoms with Gasteiger partial charge in [-0.1, -0.05) is 0 Å². The zero-order chi connectivity index (χ0) is 21.2. The van der Waals surface area contributed by atoms with Crippen molar-refractivity contribution in [3.05, 3.63) is 41.7 Å². The summed E-state index contributed by atoms with van der Waals surface area (Å²) in [6.45, 7) is 4.27. The van der Waals surface area contributed by atoms with Crippen LogP contribution in [0.1, 0.15) is 25.7 Å². The van der Waals surface area contributed by atoms with E-state index in [0.717, 1.165) is 38.2 Å². The van der Waals surface area contributed by atoms with Crippen LogP contribution in [0.25, 0.3) is 11.3 Å². The molecule has 5 nitrogen and oxygen atoms in total. The molecule has 1 aromatic heterocycles. The Morgan fingerprint density at radius 1 is 1.00 bits per heavy atom. The molecule has 2 aromatic rings. The fraction of sp³-hybridized carbons (Fsp3) is 0.565. The molecule has 0 amide bonds. The van der Waals surface area contributed by atoms with Gasteiger partial charge in [-0.2, -0.15) is 0 Å². The summed E-state index contributed by atoms with van der Waals surface area (Å²) in [4.78, 5) is 2.69. The molecule has 0 radical (unpaired) electrons. The molecule has 4 aliphatic rings. The summed E-state index contributed by atoms with van der Waals surface area (Å²) in [7, 11) is 0. The third kappa shape index (κ3) is 3.40. The molecule has 2 saturated heterocycles. The number of likely N-dealkylation sites (tertiary alicyclic amines) is 1. The lowest BCUT2D eigenvalue weighted by molar-refractivity contribution is -0.183. The second kappa shape index (κ2) is 7.17. The predicted octanol–water partition coefficient (Wildman–Crippen LogP) is 3.86. The molecule has 1 aromatic carbocycles. The summed E-state index contributed by atoms with van der Waals surface area (Å²) >= 11 is 0. The minimum absolute atomic E-state index is 0.107. The number of nitrogens with one attached hydrogen (secondary N) is 1. The van der Waals surface area contributed by atoms with Crippen LogP contribution in [-0.4, -0.2) is 53.5 Å². The molecule has 8 heteroatoms. The highest BCUT2D eigenvalue weighted by molar-refractivity contribution is 5.60. The molecule has 1 N–H and O–H groups in total. The van der Waals surface area contributed by atoms with Crippen molar-refractivity contribution in [2.24, 2.45) is 17.3 Å². The SMILES string of the molecule is Fc1cc(F)c(F)c(-c2ccc(NC3C[C@@H]4CN(C5CC6(COC6)C5)C[C@@H]4C3)nn2)c1. The van der Waals surface area contributed by atoms with E-state index in [0.29, 0.717) is 35.2 Å². The summed E-state index contributed by atoms with van der Waals surface area (Å²) in [5.41, 5.74) is 0.395. The first-order valence-electron chi connectivity index (χ1n) is 11.0. The van der Waals surface area contributed by atoms with Gasteiger partial charge in [-0.25, -0.2) is 13.2 Å². The standard InChI is InChI=1S/C23H25F3N4O/c24-15-5-18(22(26)19(25)6-15)20-1-2-21(29-28-20)27-16-3-13-9-30(10-14(13)4-16)17-7-23(8-17)11-31-12-23/h1-2,5-6,13-14,16-17H,3-4,7-12H2,(H,27,29)/t13-,14+,16?. The Balaban J connectivity index is 1.05. The number of benzene rings is 1. The van der Waals surface area contributed by atoms with Crippen LogP contribution in [-0.2, 0) is 4.74 Å². The zero-order valence-electron chi connectivity index (χ0n) is 17.2. The number of hydrogen-bond acceptors (Lipinski definition) is 5. The van der Waals surface area contributed by atoms with E-state index in [1.54, 1.807) is 12.1 Å². The smallest absolute Gasteiger partial charge is 0.168 e. The lowest BCUT2D eigenvalue weighted by Gasteiger charge is -2.55. The van der Waals surface area contributed by atoms with Crippen LogP contribution < -0.4 is 5.32 Å². The van der Waals surface area contributed by atoms with Crippen molar-refractivity contribution in [1.82, 2.24) is 15.1 Å². The lowest BCUT2D eigenvalue weighted by atomic mass is 9.63. The van der Waals surface area contributed by atoms with E-state index in [1.807, 2.05) is 0 Å². The first kappa shape index (κ1) is 19.5. The van der Waals surface area contributed by atoms with Crippen molar-refractivity contribution >= 4 is 5.82 Å². The Labute approximate surface area is 179 Å². The number of fused-ring (bicyclic) bond motifs is 1. The lowest BCUT2D eigenvalue weighted by Crippen LogP contribution is -2.59. The zero-order valence-corrected chi connectivity index (χ0v) is 17.2. The molecule has 164 valence electrons. The molecule has 4 fully saturated rings. The van der Waals surface area contributed by atoms with Crippen LogP contribution in [0.15, 0.2) is 24.3 Å². The van der Waals surface area contributed by atoms with E-state index >= 15 is 0 Å². The second-order valence-electron chi connectivity index (χ2n) is 9.89. The third-order valence-corrected chi connectivity index (χ3v) is 7.73. The highest BCUT2D eigenvalue weighted by Crippen LogP contribution is 2.51. The second-order valence-corrected chi connectivity index (χ2v) is 9.89. The third-order valence-electron chi connectivity index (χ3n) is 7.73. The van der Waals surface area contributed by atoms with E-state index in [9.17, 15) is 13.2 Å². The number of halogens is 3. The first-order valence-corrected chi connectivity index (χ1v) is 11.0. The molecule has 1 spiro atoms. The highest BCUT2D eigenvalue weighted by atomic mass is 19.2. The van der Waals surface area contributed by atoms with Gasteiger partial charge in [0.1, 0.15) is 11.6 Å². The van der Waals surface area contributed by atoms with Gasteiger partial charge in [-0.15, -0.1) is 10.2 Å². The predicted molar refractivity (Wildman–Crippen MR) is 109 cm³/mol. The molecule has 31 heavy (non-hydrogen) atoms. The van der Waals surface area contributed by atoms with Gasteiger partial charge in [-0.05, 0) is 55.7 Å². The average molecular weight is 430 g/mol. The van der Waals surface area contributed by atoms with Crippen molar-refractivity contribution in [3.63, 3.8) is 0 Å². The Hall–Kier alpha value is -2.19. The minimum Gasteiger partial charge on any atom is -0.380 e. The largest absolute Gasteiger partial charge is 0.380 e.